The monoisotopic (exact) mass is 199 g/mol. The summed E-state index contributed by atoms with van der Waals surface area (Å²) in [6, 6.07) is 0.174. The first-order valence-corrected chi connectivity index (χ1v) is 4.50. The first-order chi connectivity index (χ1) is 6.65. The van der Waals surface area contributed by atoms with Crippen LogP contribution < -0.4 is 4.90 Å². The van der Waals surface area contributed by atoms with Crippen LogP contribution in [0.5, 0.6) is 0 Å². The molecule has 0 amide bonds. The molecule has 0 aromatic carbocycles. The summed E-state index contributed by atoms with van der Waals surface area (Å²) in [4.78, 5) is 9.50. The Kier molecular flexibility index (Phi) is 3.76. The lowest BCUT2D eigenvalue weighted by Crippen LogP contribution is -2.34. The minimum atomic E-state index is -0.457. The SMILES string of the molecule is CC(C)N(CCO)c1ncc(F)cn1. The van der Waals surface area contributed by atoms with Crippen molar-refractivity contribution in [1.82, 2.24) is 9.97 Å². The summed E-state index contributed by atoms with van der Waals surface area (Å²) in [6.07, 6.45) is 2.24. The third-order valence-electron chi connectivity index (χ3n) is 1.83. The van der Waals surface area contributed by atoms with Crippen LogP contribution in [0, 0.1) is 5.82 Å². The van der Waals surface area contributed by atoms with Crippen LogP contribution in [-0.2, 0) is 0 Å². The average Bonchev–Trinajstić information content (AvgIpc) is 2.15. The van der Waals surface area contributed by atoms with Crippen molar-refractivity contribution in [2.45, 2.75) is 19.9 Å². The van der Waals surface area contributed by atoms with Crippen molar-refractivity contribution in [2.75, 3.05) is 18.1 Å². The Labute approximate surface area is 82.4 Å². The molecule has 0 spiro atoms. The lowest BCUT2D eigenvalue weighted by Gasteiger charge is -2.25. The van der Waals surface area contributed by atoms with E-state index in [1.807, 2.05) is 13.8 Å². The molecule has 0 aliphatic carbocycles. The molecule has 0 saturated carbocycles. The number of hydrogen-bond donors (Lipinski definition) is 1. The first kappa shape index (κ1) is 10.8. The summed E-state index contributed by atoms with van der Waals surface area (Å²) in [5.41, 5.74) is 0. The van der Waals surface area contributed by atoms with Gasteiger partial charge in [-0.3, -0.25) is 0 Å². The minimum absolute atomic E-state index is 0.0267. The van der Waals surface area contributed by atoms with Crippen molar-refractivity contribution < 1.29 is 9.50 Å². The van der Waals surface area contributed by atoms with Gasteiger partial charge in [0, 0.05) is 12.6 Å². The van der Waals surface area contributed by atoms with Gasteiger partial charge in [0.15, 0.2) is 5.82 Å². The van der Waals surface area contributed by atoms with Crippen molar-refractivity contribution in [1.29, 1.82) is 0 Å². The second-order valence-electron chi connectivity index (χ2n) is 3.21. The lowest BCUT2D eigenvalue weighted by atomic mass is 10.3. The van der Waals surface area contributed by atoms with Gasteiger partial charge in [-0.1, -0.05) is 0 Å². The number of halogens is 1. The first-order valence-electron chi connectivity index (χ1n) is 4.50. The van der Waals surface area contributed by atoms with E-state index in [1.165, 1.54) is 0 Å². The average molecular weight is 199 g/mol. The van der Waals surface area contributed by atoms with E-state index in [0.29, 0.717) is 12.5 Å². The standard InChI is InChI=1S/C9H14FN3O/c1-7(2)13(3-4-14)9-11-5-8(10)6-12-9/h5-7,14H,3-4H2,1-2H3. The maximum atomic E-state index is 12.5. The molecule has 0 aliphatic rings. The molecule has 4 nitrogen and oxygen atoms in total. The van der Waals surface area contributed by atoms with Crippen LogP contribution in [0.3, 0.4) is 0 Å². The molecule has 78 valence electrons. The van der Waals surface area contributed by atoms with Gasteiger partial charge in [-0.2, -0.15) is 0 Å². The molecule has 1 rings (SSSR count). The summed E-state index contributed by atoms with van der Waals surface area (Å²) in [5.74, 6) is -0.0168. The van der Waals surface area contributed by atoms with Crippen LogP contribution in [0.4, 0.5) is 10.3 Å². The molecule has 14 heavy (non-hydrogen) atoms. The number of aromatic nitrogens is 2. The van der Waals surface area contributed by atoms with Crippen LogP contribution in [0.15, 0.2) is 12.4 Å². The maximum Gasteiger partial charge on any atom is 0.225 e. The third kappa shape index (κ3) is 2.63. The highest BCUT2D eigenvalue weighted by Crippen LogP contribution is 2.09. The van der Waals surface area contributed by atoms with Crippen LogP contribution in [0.1, 0.15) is 13.8 Å². The fraction of sp³-hybridized carbons (Fsp3) is 0.556. The number of aliphatic hydroxyl groups is 1. The van der Waals surface area contributed by atoms with Crippen molar-refractivity contribution in [3.05, 3.63) is 18.2 Å². The Morgan fingerprint density at radius 1 is 1.43 bits per heavy atom. The van der Waals surface area contributed by atoms with Crippen LogP contribution in [-0.4, -0.2) is 34.3 Å². The van der Waals surface area contributed by atoms with Gasteiger partial charge in [0.05, 0.1) is 19.0 Å². The van der Waals surface area contributed by atoms with Gasteiger partial charge in [-0.25, -0.2) is 14.4 Å². The van der Waals surface area contributed by atoms with Gasteiger partial charge >= 0.3 is 0 Å². The molecular formula is C9H14FN3O. The summed E-state index contributed by atoms with van der Waals surface area (Å²) in [5, 5.41) is 8.83. The quantitative estimate of drug-likeness (QED) is 0.780. The highest BCUT2D eigenvalue weighted by atomic mass is 19.1. The second-order valence-corrected chi connectivity index (χ2v) is 3.21. The van der Waals surface area contributed by atoms with Gasteiger partial charge in [-0.15, -0.1) is 0 Å². The fourth-order valence-electron chi connectivity index (χ4n) is 1.15. The van der Waals surface area contributed by atoms with Gasteiger partial charge in [-0.05, 0) is 13.8 Å². The number of rotatable bonds is 4. The van der Waals surface area contributed by atoms with Gasteiger partial charge < -0.3 is 10.0 Å². The normalized spacial score (nSPS) is 10.6. The largest absolute Gasteiger partial charge is 0.395 e. The van der Waals surface area contributed by atoms with E-state index in [1.54, 1.807) is 4.90 Å². The minimum Gasteiger partial charge on any atom is -0.395 e. The molecule has 1 aromatic heterocycles. The Hall–Kier alpha value is -1.23. The Bertz CT molecular complexity index is 276. The topological polar surface area (TPSA) is 49.2 Å². The van der Waals surface area contributed by atoms with E-state index in [9.17, 15) is 4.39 Å². The van der Waals surface area contributed by atoms with E-state index >= 15 is 0 Å². The molecule has 5 heteroatoms. The molecule has 0 saturated heterocycles. The van der Waals surface area contributed by atoms with Gasteiger partial charge in [0.25, 0.3) is 0 Å². The zero-order valence-electron chi connectivity index (χ0n) is 8.31. The van der Waals surface area contributed by atoms with Crippen molar-refractivity contribution in [3.8, 4) is 0 Å². The van der Waals surface area contributed by atoms with E-state index in [0.717, 1.165) is 12.4 Å². The lowest BCUT2D eigenvalue weighted by molar-refractivity contribution is 0.298. The predicted molar refractivity (Wildman–Crippen MR) is 51.6 cm³/mol. The highest BCUT2D eigenvalue weighted by molar-refractivity contribution is 5.29. The predicted octanol–water partition coefficient (Wildman–Crippen LogP) is 0.823. The van der Waals surface area contributed by atoms with Crippen LogP contribution in [0.2, 0.25) is 0 Å². The maximum absolute atomic E-state index is 12.5. The number of anilines is 1. The third-order valence-corrected chi connectivity index (χ3v) is 1.83. The summed E-state index contributed by atoms with van der Waals surface area (Å²) in [7, 11) is 0. The molecule has 0 radical (unpaired) electrons. The molecule has 1 aromatic rings. The molecule has 1 heterocycles. The van der Waals surface area contributed by atoms with Crippen LogP contribution >= 0.6 is 0 Å². The Morgan fingerprint density at radius 2 is 2.00 bits per heavy atom. The van der Waals surface area contributed by atoms with Crippen molar-refractivity contribution in [3.63, 3.8) is 0 Å². The molecule has 0 fully saturated rings. The van der Waals surface area contributed by atoms with Crippen molar-refractivity contribution >= 4 is 5.95 Å². The smallest absolute Gasteiger partial charge is 0.225 e. The molecule has 0 atom stereocenters. The van der Waals surface area contributed by atoms with Gasteiger partial charge in [0.2, 0.25) is 5.95 Å². The second kappa shape index (κ2) is 4.85. The summed E-state index contributed by atoms with van der Waals surface area (Å²) >= 11 is 0. The summed E-state index contributed by atoms with van der Waals surface area (Å²) < 4.78 is 12.5. The van der Waals surface area contributed by atoms with E-state index in [4.69, 9.17) is 5.11 Å². The number of aliphatic hydroxyl groups excluding tert-OH is 1. The molecule has 1 N–H and O–H groups in total. The Morgan fingerprint density at radius 3 is 2.43 bits per heavy atom. The van der Waals surface area contributed by atoms with Gasteiger partial charge in [0.1, 0.15) is 0 Å². The van der Waals surface area contributed by atoms with E-state index in [-0.39, 0.29) is 12.6 Å². The molecular weight excluding hydrogens is 185 g/mol. The zero-order valence-corrected chi connectivity index (χ0v) is 8.31. The molecule has 0 aliphatic heterocycles. The Balaban J connectivity index is 2.82. The highest BCUT2D eigenvalue weighted by Gasteiger charge is 2.12. The zero-order chi connectivity index (χ0) is 10.6. The van der Waals surface area contributed by atoms with Crippen molar-refractivity contribution in [2.24, 2.45) is 0 Å². The van der Waals surface area contributed by atoms with E-state index in [2.05, 4.69) is 9.97 Å². The van der Waals surface area contributed by atoms with E-state index < -0.39 is 5.82 Å². The number of hydrogen-bond acceptors (Lipinski definition) is 4. The summed E-state index contributed by atoms with van der Waals surface area (Å²) in [6.45, 7) is 4.40. The van der Waals surface area contributed by atoms with Crippen LogP contribution in [0.25, 0.3) is 0 Å². The molecule has 0 unspecified atom stereocenters. The number of nitrogens with zero attached hydrogens (tertiary/aromatic N) is 3. The fourth-order valence-corrected chi connectivity index (χ4v) is 1.15. The molecule has 0 bridgehead atoms.